The van der Waals surface area contributed by atoms with Gasteiger partial charge in [0.05, 0.1) is 13.2 Å². The third-order valence-electron chi connectivity index (χ3n) is 3.70. The van der Waals surface area contributed by atoms with Gasteiger partial charge in [-0.15, -0.1) is 0 Å². The Bertz CT molecular complexity index is 469. The number of unbranched alkanes of at least 4 members (excludes halogenated alkanes) is 2. The minimum atomic E-state index is -1.38. The van der Waals surface area contributed by atoms with Crippen LogP contribution in [0.4, 0.5) is 0 Å². The molecular weight excluding hydrogens is 360 g/mol. The van der Waals surface area contributed by atoms with Crippen LogP contribution >= 0.6 is 15.9 Å². The zero-order valence-electron chi connectivity index (χ0n) is 13.8. The quantitative estimate of drug-likeness (QED) is 0.264. The predicted octanol–water partition coefficient (Wildman–Crippen LogP) is 4.01. The van der Waals surface area contributed by atoms with Gasteiger partial charge in [0.15, 0.2) is 5.41 Å². The average Bonchev–Trinajstić information content (AvgIpc) is 2.56. The Kier molecular flexibility index (Phi) is 8.92. The molecule has 1 aromatic rings. The van der Waals surface area contributed by atoms with Gasteiger partial charge in [0.25, 0.3) is 0 Å². The van der Waals surface area contributed by atoms with Gasteiger partial charge < -0.3 is 9.47 Å². The second kappa shape index (κ2) is 10.4. The molecule has 128 valence electrons. The van der Waals surface area contributed by atoms with Crippen molar-refractivity contribution in [3.05, 3.63) is 35.9 Å². The molecule has 0 aromatic heterocycles. The van der Waals surface area contributed by atoms with Gasteiger partial charge in [-0.2, -0.15) is 0 Å². The van der Waals surface area contributed by atoms with E-state index in [9.17, 15) is 9.59 Å². The van der Waals surface area contributed by atoms with Crippen LogP contribution in [0.25, 0.3) is 0 Å². The van der Waals surface area contributed by atoms with Crippen molar-refractivity contribution in [2.24, 2.45) is 0 Å². The van der Waals surface area contributed by atoms with Crippen LogP contribution in [0.3, 0.4) is 0 Å². The van der Waals surface area contributed by atoms with E-state index in [0.29, 0.717) is 12.0 Å². The molecule has 0 spiro atoms. The Hall–Kier alpha value is -1.36. The van der Waals surface area contributed by atoms with Crippen molar-refractivity contribution < 1.29 is 19.1 Å². The highest BCUT2D eigenvalue weighted by molar-refractivity contribution is 9.09. The fourth-order valence-electron chi connectivity index (χ4n) is 2.56. The van der Waals surface area contributed by atoms with Crippen molar-refractivity contribution in [1.82, 2.24) is 0 Å². The van der Waals surface area contributed by atoms with Gasteiger partial charge in [-0.05, 0) is 32.3 Å². The first-order chi connectivity index (χ1) is 11.1. The van der Waals surface area contributed by atoms with Crippen LogP contribution in [0, 0.1) is 0 Å². The summed E-state index contributed by atoms with van der Waals surface area (Å²) in [7, 11) is 0. The Morgan fingerprint density at radius 2 is 1.52 bits per heavy atom. The lowest BCUT2D eigenvalue weighted by Crippen LogP contribution is -2.46. The zero-order chi connectivity index (χ0) is 17.1. The highest BCUT2D eigenvalue weighted by Gasteiger charge is 2.49. The van der Waals surface area contributed by atoms with Gasteiger partial charge in [0.1, 0.15) is 0 Å². The lowest BCUT2D eigenvalue weighted by Gasteiger charge is -2.29. The lowest BCUT2D eigenvalue weighted by molar-refractivity contribution is -0.165. The molecule has 0 atom stereocenters. The molecule has 23 heavy (non-hydrogen) atoms. The Labute approximate surface area is 146 Å². The molecule has 0 aliphatic rings. The number of hydrogen-bond donors (Lipinski definition) is 0. The number of esters is 2. The number of benzene rings is 1. The zero-order valence-corrected chi connectivity index (χ0v) is 15.4. The van der Waals surface area contributed by atoms with E-state index >= 15 is 0 Å². The SMILES string of the molecule is CCOC(=O)C(CCCCCBr)(C(=O)OCC)c1ccccc1. The summed E-state index contributed by atoms with van der Waals surface area (Å²) in [5.74, 6) is -1.05. The van der Waals surface area contributed by atoms with Crippen LogP contribution in [-0.4, -0.2) is 30.5 Å². The van der Waals surface area contributed by atoms with E-state index in [4.69, 9.17) is 9.47 Å². The molecule has 0 N–H and O–H groups in total. The van der Waals surface area contributed by atoms with Crippen LogP contribution in [0.5, 0.6) is 0 Å². The maximum Gasteiger partial charge on any atom is 0.328 e. The first kappa shape index (κ1) is 19.7. The molecule has 0 bridgehead atoms. The van der Waals surface area contributed by atoms with Crippen LogP contribution in [0.1, 0.15) is 45.1 Å². The van der Waals surface area contributed by atoms with Crippen molar-refractivity contribution >= 4 is 27.9 Å². The molecule has 0 heterocycles. The summed E-state index contributed by atoms with van der Waals surface area (Å²) < 4.78 is 10.5. The average molecular weight is 385 g/mol. The van der Waals surface area contributed by atoms with Crippen molar-refractivity contribution in [1.29, 1.82) is 0 Å². The molecular formula is C18H25BrO4. The van der Waals surface area contributed by atoms with Crippen LogP contribution in [-0.2, 0) is 24.5 Å². The summed E-state index contributed by atoms with van der Waals surface area (Å²) in [5.41, 5.74) is -0.740. The minimum Gasteiger partial charge on any atom is -0.465 e. The molecule has 0 saturated heterocycles. The van der Waals surface area contributed by atoms with E-state index in [-0.39, 0.29) is 13.2 Å². The van der Waals surface area contributed by atoms with Crippen molar-refractivity contribution in [2.45, 2.75) is 44.9 Å². The first-order valence-corrected chi connectivity index (χ1v) is 9.21. The Morgan fingerprint density at radius 3 is 2.00 bits per heavy atom. The van der Waals surface area contributed by atoms with Gasteiger partial charge in [-0.3, -0.25) is 9.59 Å². The smallest absolute Gasteiger partial charge is 0.328 e. The topological polar surface area (TPSA) is 52.6 Å². The summed E-state index contributed by atoms with van der Waals surface area (Å²) in [6.45, 7) is 3.94. The van der Waals surface area contributed by atoms with E-state index < -0.39 is 17.4 Å². The summed E-state index contributed by atoms with van der Waals surface area (Å²) in [5, 5.41) is 0.907. The maximum atomic E-state index is 12.7. The molecule has 0 fully saturated rings. The number of carbonyl (C=O) groups is 2. The Morgan fingerprint density at radius 1 is 0.957 bits per heavy atom. The van der Waals surface area contributed by atoms with E-state index in [2.05, 4.69) is 15.9 Å². The van der Waals surface area contributed by atoms with Gasteiger partial charge >= 0.3 is 11.9 Å². The summed E-state index contributed by atoms with van der Waals surface area (Å²) >= 11 is 3.40. The second-order valence-electron chi connectivity index (χ2n) is 5.21. The number of ether oxygens (including phenoxy) is 2. The third-order valence-corrected chi connectivity index (χ3v) is 4.26. The molecule has 0 aliphatic heterocycles. The molecule has 5 heteroatoms. The van der Waals surface area contributed by atoms with Crippen molar-refractivity contribution in [3.63, 3.8) is 0 Å². The number of carbonyl (C=O) groups excluding carboxylic acids is 2. The van der Waals surface area contributed by atoms with Gasteiger partial charge in [-0.25, -0.2) is 0 Å². The highest BCUT2D eigenvalue weighted by atomic mass is 79.9. The van der Waals surface area contributed by atoms with Gasteiger partial charge in [0.2, 0.25) is 0 Å². The molecule has 1 rings (SSSR count). The van der Waals surface area contributed by atoms with Crippen molar-refractivity contribution in [2.75, 3.05) is 18.5 Å². The van der Waals surface area contributed by atoms with E-state index in [1.807, 2.05) is 18.2 Å². The van der Waals surface area contributed by atoms with Gasteiger partial charge in [0, 0.05) is 5.33 Å². The lowest BCUT2D eigenvalue weighted by atomic mass is 9.76. The van der Waals surface area contributed by atoms with E-state index in [1.54, 1.807) is 26.0 Å². The van der Waals surface area contributed by atoms with E-state index in [1.165, 1.54) is 0 Å². The summed E-state index contributed by atoms with van der Waals surface area (Å²) in [6, 6.07) is 9.08. The maximum absolute atomic E-state index is 12.7. The largest absolute Gasteiger partial charge is 0.465 e. The second-order valence-corrected chi connectivity index (χ2v) is 6.00. The monoisotopic (exact) mass is 384 g/mol. The molecule has 0 saturated carbocycles. The van der Waals surface area contributed by atoms with Crippen LogP contribution in [0.2, 0.25) is 0 Å². The standard InChI is InChI=1S/C18H25BrO4/c1-3-22-16(20)18(17(21)23-4-2,13-9-6-10-14-19)15-11-7-5-8-12-15/h5,7-8,11-12H,3-4,6,9-10,13-14H2,1-2H3. The van der Waals surface area contributed by atoms with Crippen LogP contribution in [0.15, 0.2) is 30.3 Å². The first-order valence-electron chi connectivity index (χ1n) is 8.09. The van der Waals surface area contributed by atoms with E-state index in [0.717, 1.165) is 24.6 Å². The number of hydrogen-bond acceptors (Lipinski definition) is 4. The fraction of sp³-hybridized carbons (Fsp3) is 0.556. The number of alkyl halides is 1. The molecule has 4 nitrogen and oxygen atoms in total. The molecule has 0 amide bonds. The predicted molar refractivity (Wildman–Crippen MR) is 93.6 cm³/mol. The molecule has 1 aromatic carbocycles. The Balaban J connectivity index is 3.21. The van der Waals surface area contributed by atoms with Crippen LogP contribution < -0.4 is 0 Å². The molecule has 0 aliphatic carbocycles. The minimum absolute atomic E-state index is 0.230. The summed E-state index contributed by atoms with van der Waals surface area (Å²) in [6.07, 6.45) is 3.06. The molecule has 0 radical (unpaired) electrons. The normalized spacial score (nSPS) is 11.1. The summed E-state index contributed by atoms with van der Waals surface area (Å²) in [4.78, 5) is 25.4. The number of rotatable bonds is 10. The molecule has 0 unspecified atom stereocenters. The highest BCUT2D eigenvalue weighted by Crippen LogP contribution is 2.34. The number of halogens is 1. The van der Waals surface area contributed by atoms with Crippen molar-refractivity contribution in [3.8, 4) is 0 Å². The fourth-order valence-corrected chi connectivity index (χ4v) is 2.96. The van der Waals surface area contributed by atoms with Gasteiger partial charge in [-0.1, -0.05) is 59.1 Å². The third kappa shape index (κ3) is 5.06.